The predicted molar refractivity (Wildman–Crippen MR) is 110 cm³/mol. The Balaban J connectivity index is 1.39. The zero-order chi connectivity index (χ0) is 18.5. The number of hydrogen-bond acceptors (Lipinski definition) is 5. The first-order valence-corrected chi connectivity index (χ1v) is 9.37. The molecule has 0 aliphatic carbocycles. The van der Waals surface area contributed by atoms with Crippen LogP contribution in [0.1, 0.15) is 5.56 Å². The maximum Gasteiger partial charge on any atom is 0.264 e. The standard InChI is InChI=1S/C21H17N3O2S/c25-20-19(14-15-8-9-18-16(13-15)5-4-10-22-18)27-21(24-20)23-11-12-26-17-6-2-1-3-7-17/h1-10,13-14H,11-12H2,(H,23,24,25). The lowest BCUT2D eigenvalue weighted by Crippen LogP contribution is -2.20. The maximum absolute atomic E-state index is 12.2. The fourth-order valence-corrected chi connectivity index (χ4v) is 3.51. The van der Waals surface area contributed by atoms with Crippen molar-refractivity contribution in [3.8, 4) is 5.75 Å². The van der Waals surface area contributed by atoms with Gasteiger partial charge in [0, 0.05) is 11.6 Å². The van der Waals surface area contributed by atoms with Crippen LogP contribution < -0.4 is 10.1 Å². The fraction of sp³-hybridized carbons (Fsp3) is 0.0952. The summed E-state index contributed by atoms with van der Waals surface area (Å²) < 4.78 is 5.61. The smallest absolute Gasteiger partial charge is 0.264 e. The van der Waals surface area contributed by atoms with Crippen LogP contribution >= 0.6 is 11.8 Å². The van der Waals surface area contributed by atoms with Crippen LogP contribution in [0.5, 0.6) is 5.75 Å². The van der Waals surface area contributed by atoms with E-state index in [1.54, 1.807) is 6.20 Å². The van der Waals surface area contributed by atoms with Crippen molar-refractivity contribution >= 4 is 39.8 Å². The van der Waals surface area contributed by atoms with Crippen molar-refractivity contribution in [2.45, 2.75) is 0 Å². The summed E-state index contributed by atoms with van der Waals surface area (Å²) in [5, 5.41) is 4.44. The molecule has 1 aromatic heterocycles. The van der Waals surface area contributed by atoms with Gasteiger partial charge in [-0.2, -0.15) is 0 Å². The highest BCUT2D eigenvalue weighted by atomic mass is 32.2. The molecular formula is C21H17N3O2S. The van der Waals surface area contributed by atoms with E-state index < -0.39 is 0 Å². The quantitative estimate of drug-likeness (QED) is 0.543. The maximum atomic E-state index is 12.2. The van der Waals surface area contributed by atoms with Crippen molar-refractivity contribution in [3.05, 3.63) is 77.3 Å². The lowest BCUT2D eigenvalue weighted by Gasteiger charge is -2.03. The molecule has 0 bridgehead atoms. The number of rotatable bonds is 5. The van der Waals surface area contributed by atoms with Gasteiger partial charge < -0.3 is 10.1 Å². The van der Waals surface area contributed by atoms with Crippen molar-refractivity contribution < 1.29 is 9.53 Å². The zero-order valence-corrected chi connectivity index (χ0v) is 15.3. The number of fused-ring (bicyclic) bond motifs is 1. The van der Waals surface area contributed by atoms with Crippen molar-refractivity contribution in [2.24, 2.45) is 4.99 Å². The Bertz CT molecular complexity index is 1030. The Morgan fingerprint density at radius 1 is 1.11 bits per heavy atom. The monoisotopic (exact) mass is 375 g/mol. The van der Waals surface area contributed by atoms with Gasteiger partial charge in [0.1, 0.15) is 12.4 Å². The topological polar surface area (TPSA) is 63.6 Å². The highest BCUT2D eigenvalue weighted by Crippen LogP contribution is 2.26. The van der Waals surface area contributed by atoms with Crippen molar-refractivity contribution in [3.63, 3.8) is 0 Å². The number of aliphatic imine (C=N–C) groups is 1. The van der Waals surface area contributed by atoms with Crippen LogP contribution in [0.25, 0.3) is 17.0 Å². The SMILES string of the molecule is O=C1NC(=NCCOc2ccccc2)SC1=Cc1ccc2ncccc2c1. The number of nitrogens with zero attached hydrogens (tertiary/aromatic N) is 2. The lowest BCUT2D eigenvalue weighted by atomic mass is 10.1. The number of benzene rings is 2. The molecule has 27 heavy (non-hydrogen) atoms. The second kappa shape index (κ2) is 8.05. The van der Waals surface area contributed by atoms with E-state index in [-0.39, 0.29) is 5.91 Å². The minimum Gasteiger partial charge on any atom is -0.492 e. The number of thioether (sulfide) groups is 1. The zero-order valence-electron chi connectivity index (χ0n) is 14.5. The number of pyridine rings is 1. The van der Waals surface area contributed by atoms with Crippen LogP contribution in [0.4, 0.5) is 0 Å². The average molecular weight is 375 g/mol. The largest absolute Gasteiger partial charge is 0.492 e. The van der Waals surface area contributed by atoms with Gasteiger partial charge in [0.05, 0.1) is 17.0 Å². The van der Waals surface area contributed by atoms with Gasteiger partial charge in [-0.05, 0) is 53.7 Å². The van der Waals surface area contributed by atoms with Crippen LogP contribution in [0.2, 0.25) is 0 Å². The van der Waals surface area contributed by atoms with Gasteiger partial charge in [0.2, 0.25) is 0 Å². The number of carbonyl (C=O) groups is 1. The van der Waals surface area contributed by atoms with Crippen LogP contribution in [0.3, 0.4) is 0 Å². The predicted octanol–water partition coefficient (Wildman–Crippen LogP) is 3.87. The third-order valence-corrected chi connectivity index (χ3v) is 4.88. The number of carbonyl (C=O) groups excluding carboxylic acids is 1. The van der Waals surface area contributed by atoms with Crippen LogP contribution in [-0.2, 0) is 4.79 Å². The van der Waals surface area contributed by atoms with Crippen molar-refractivity contribution in [1.29, 1.82) is 0 Å². The van der Waals surface area contributed by atoms with E-state index in [4.69, 9.17) is 4.74 Å². The second-order valence-corrected chi connectivity index (χ2v) is 6.90. The summed E-state index contributed by atoms with van der Waals surface area (Å²) in [7, 11) is 0. The summed E-state index contributed by atoms with van der Waals surface area (Å²) in [5.41, 5.74) is 1.89. The molecule has 5 nitrogen and oxygen atoms in total. The number of ether oxygens (including phenoxy) is 1. The number of para-hydroxylation sites is 1. The normalized spacial score (nSPS) is 16.8. The molecule has 1 aliphatic rings. The molecule has 0 radical (unpaired) electrons. The van der Waals surface area contributed by atoms with E-state index in [9.17, 15) is 4.79 Å². The van der Waals surface area contributed by atoms with Crippen molar-refractivity contribution in [2.75, 3.05) is 13.2 Å². The molecule has 6 heteroatoms. The summed E-state index contributed by atoms with van der Waals surface area (Å²) in [6.45, 7) is 0.938. The molecule has 1 saturated heterocycles. The summed E-state index contributed by atoms with van der Waals surface area (Å²) in [6.07, 6.45) is 3.64. The molecular weight excluding hydrogens is 358 g/mol. The fourth-order valence-electron chi connectivity index (χ4n) is 2.66. The Kier molecular flexibility index (Phi) is 5.16. The van der Waals surface area contributed by atoms with E-state index >= 15 is 0 Å². The van der Waals surface area contributed by atoms with E-state index in [1.807, 2.05) is 66.7 Å². The van der Waals surface area contributed by atoms with Crippen LogP contribution in [-0.4, -0.2) is 29.2 Å². The Morgan fingerprint density at radius 2 is 2.00 bits per heavy atom. The molecule has 2 heterocycles. The molecule has 0 atom stereocenters. The first-order valence-electron chi connectivity index (χ1n) is 8.56. The Morgan fingerprint density at radius 3 is 2.89 bits per heavy atom. The molecule has 4 rings (SSSR count). The van der Waals surface area contributed by atoms with Gasteiger partial charge in [0.25, 0.3) is 5.91 Å². The van der Waals surface area contributed by atoms with E-state index in [0.717, 1.165) is 22.2 Å². The highest BCUT2D eigenvalue weighted by Gasteiger charge is 2.23. The van der Waals surface area contributed by atoms with Gasteiger partial charge in [-0.15, -0.1) is 0 Å². The first-order chi connectivity index (χ1) is 13.3. The minimum atomic E-state index is -0.131. The number of hydrogen-bond donors (Lipinski definition) is 1. The van der Waals surface area contributed by atoms with Gasteiger partial charge in [-0.25, -0.2) is 0 Å². The number of nitrogens with one attached hydrogen (secondary N) is 1. The third-order valence-electron chi connectivity index (χ3n) is 3.93. The second-order valence-electron chi connectivity index (χ2n) is 5.87. The molecule has 1 N–H and O–H groups in total. The third kappa shape index (κ3) is 4.35. The van der Waals surface area contributed by atoms with Gasteiger partial charge in [0.15, 0.2) is 5.17 Å². The van der Waals surface area contributed by atoms with E-state index in [2.05, 4.69) is 15.3 Å². The average Bonchev–Trinajstić information content (AvgIpc) is 3.05. The summed E-state index contributed by atoms with van der Waals surface area (Å²) in [4.78, 5) is 21.5. The molecule has 1 amide bonds. The molecule has 2 aromatic carbocycles. The van der Waals surface area contributed by atoms with Crippen LogP contribution in [0.15, 0.2) is 76.8 Å². The van der Waals surface area contributed by atoms with Gasteiger partial charge in [-0.1, -0.05) is 30.3 Å². The van der Waals surface area contributed by atoms with Crippen molar-refractivity contribution in [1.82, 2.24) is 10.3 Å². The molecule has 0 spiro atoms. The Hall–Kier alpha value is -3.12. The lowest BCUT2D eigenvalue weighted by molar-refractivity contribution is -0.115. The Labute approximate surface area is 161 Å². The van der Waals surface area contributed by atoms with Crippen LogP contribution in [0, 0.1) is 0 Å². The number of amidine groups is 1. The van der Waals surface area contributed by atoms with Gasteiger partial charge >= 0.3 is 0 Å². The molecule has 3 aromatic rings. The van der Waals surface area contributed by atoms with E-state index in [1.165, 1.54) is 11.8 Å². The first kappa shape index (κ1) is 17.3. The number of aromatic nitrogens is 1. The molecule has 0 unspecified atom stereocenters. The molecule has 1 aliphatic heterocycles. The molecule has 0 saturated carbocycles. The highest BCUT2D eigenvalue weighted by molar-refractivity contribution is 8.18. The molecule has 1 fully saturated rings. The minimum absolute atomic E-state index is 0.131. The van der Waals surface area contributed by atoms with Gasteiger partial charge in [-0.3, -0.25) is 14.8 Å². The summed E-state index contributed by atoms with van der Waals surface area (Å²) in [6, 6.07) is 19.4. The summed E-state index contributed by atoms with van der Waals surface area (Å²) in [5.74, 6) is 0.682. The number of amides is 1. The summed E-state index contributed by atoms with van der Waals surface area (Å²) >= 11 is 1.34. The molecule has 134 valence electrons. The van der Waals surface area contributed by atoms with E-state index in [0.29, 0.717) is 23.2 Å².